The summed E-state index contributed by atoms with van der Waals surface area (Å²) in [6, 6.07) is 10.3. The minimum Gasteiger partial charge on any atom is -0.486 e. The second-order valence-electron chi connectivity index (χ2n) is 9.90. The van der Waals surface area contributed by atoms with Gasteiger partial charge in [-0.1, -0.05) is 0 Å². The maximum atomic E-state index is 13.6. The fourth-order valence-corrected chi connectivity index (χ4v) is 5.14. The number of hydrogen-bond donors (Lipinski definition) is 2. The molecule has 1 saturated carbocycles. The van der Waals surface area contributed by atoms with Crippen LogP contribution in [-0.4, -0.2) is 56.1 Å². The normalized spacial score (nSPS) is 20.9. The number of H-pyrrole nitrogens is 2. The van der Waals surface area contributed by atoms with Gasteiger partial charge in [0.1, 0.15) is 29.2 Å². The van der Waals surface area contributed by atoms with Crippen LogP contribution in [-0.2, 0) is 13.1 Å². The average Bonchev–Trinajstić information content (AvgIpc) is 3.44. The van der Waals surface area contributed by atoms with Crippen LogP contribution in [0.2, 0.25) is 0 Å². The summed E-state index contributed by atoms with van der Waals surface area (Å²) in [7, 11) is 4.29. The van der Waals surface area contributed by atoms with E-state index in [2.05, 4.69) is 39.1 Å². The van der Waals surface area contributed by atoms with E-state index < -0.39 is 17.7 Å². The van der Waals surface area contributed by atoms with E-state index in [0.717, 1.165) is 53.0 Å². The van der Waals surface area contributed by atoms with Crippen LogP contribution in [0, 0.1) is 11.6 Å². The van der Waals surface area contributed by atoms with Gasteiger partial charge >= 0.3 is 0 Å². The molecule has 1 aliphatic heterocycles. The Morgan fingerprint density at radius 1 is 1.09 bits per heavy atom. The third kappa shape index (κ3) is 4.08. The van der Waals surface area contributed by atoms with Crippen molar-refractivity contribution in [2.75, 3.05) is 14.1 Å². The zero-order valence-electron chi connectivity index (χ0n) is 20.0. The molecule has 4 aromatic rings. The molecule has 0 amide bonds. The number of nitrogens with one attached hydrogen (secondary N) is 2. The maximum Gasteiger partial charge on any atom is 0.159 e. The molecule has 182 valence electrons. The predicted octanol–water partition coefficient (Wildman–Crippen LogP) is 4.78. The highest BCUT2D eigenvalue weighted by atomic mass is 19.1. The Kier molecular flexibility index (Phi) is 5.34. The zero-order valence-corrected chi connectivity index (χ0v) is 20.0. The van der Waals surface area contributed by atoms with Crippen molar-refractivity contribution in [2.24, 2.45) is 0 Å². The summed E-state index contributed by atoms with van der Waals surface area (Å²) in [6.07, 6.45) is 1.89. The van der Waals surface area contributed by atoms with Gasteiger partial charge in [0.2, 0.25) is 0 Å². The van der Waals surface area contributed by atoms with Gasteiger partial charge in [-0.05, 0) is 69.8 Å². The maximum absolute atomic E-state index is 13.6. The number of fused-ring (bicyclic) bond motifs is 2. The average molecular weight is 479 g/mol. The van der Waals surface area contributed by atoms with E-state index >= 15 is 0 Å². The number of benzene rings is 2. The summed E-state index contributed by atoms with van der Waals surface area (Å²) in [5, 5.41) is 8.43. The molecular formula is C26H28F2N6O. The Morgan fingerprint density at radius 3 is 2.57 bits per heavy atom. The summed E-state index contributed by atoms with van der Waals surface area (Å²) in [4.78, 5) is 13.2. The Balaban J connectivity index is 1.20. The molecule has 2 aliphatic rings. The topological polar surface area (TPSA) is 73.1 Å². The van der Waals surface area contributed by atoms with Crippen LogP contribution >= 0.6 is 0 Å². The number of aromatic amines is 2. The number of halogens is 2. The van der Waals surface area contributed by atoms with Crippen LogP contribution < -0.4 is 4.74 Å². The minimum atomic E-state index is -0.623. The van der Waals surface area contributed by atoms with Crippen molar-refractivity contribution in [3.8, 4) is 17.3 Å². The lowest BCUT2D eigenvalue weighted by Crippen LogP contribution is -2.50. The van der Waals surface area contributed by atoms with Crippen molar-refractivity contribution in [1.29, 1.82) is 0 Å². The summed E-state index contributed by atoms with van der Waals surface area (Å²) < 4.78 is 33.3. The van der Waals surface area contributed by atoms with Crippen molar-refractivity contribution in [3.63, 3.8) is 0 Å². The van der Waals surface area contributed by atoms with E-state index in [0.29, 0.717) is 23.4 Å². The van der Waals surface area contributed by atoms with E-state index in [-0.39, 0.29) is 0 Å². The smallest absolute Gasteiger partial charge is 0.159 e. The highest BCUT2D eigenvalue weighted by Crippen LogP contribution is 2.36. The first-order chi connectivity index (χ1) is 16.8. The summed E-state index contributed by atoms with van der Waals surface area (Å²) in [5.41, 5.74) is 4.26. The number of nitrogens with zero attached hydrogens (tertiary/aromatic N) is 4. The van der Waals surface area contributed by atoms with Crippen LogP contribution in [0.4, 0.5) is 8.78 Å². The van der Waals surface area contributed by atoms with Crippen LogP contribution in [0.3, 0.4) is 0 Å². The SMILES string of the molecule is CC(Oc1ccc2[nH]nc(-c3nc4c([nH]3)CN(C3CC(N(C)C)C3)C4)c2c1)c1cc(F)cc(F)c1. The highest BCUT2D eigenvalue weighted by Gasteiger charge is 2.38. The van der Waals surface area contributed by atoms with Gasteiger partial charge in [0.25, 0.3) is 0 Å². The molecule has 2 N–H and O–H groups in total. The number of hydrogen-bond acceptors (Lipinski definition) is 5. The highest BCUT2D eigenvalue weighted by molar-refractivity contribution is 5.92. The largest absolute Gasteiger partial charge is 0.486 e. The van der Waals surface area contributed by atoms with Gasteiger partial charge in [-0.15, -0.1) is 0 Å². The second kappa shape index (κ2) is 8.42. The van der Waals surface area contributed by atoms with E-state index in [1.807, 2.05) is 18.2 Å². The fourth-order valence-electron chi connectivity index (χ4n) is 5.14. The van der Waals surface area contributed by atoms with Gasteiger partial charge in [-0.3, -0.25) is 10.00 Å². The lowest BCUT2D eigenvalue weighted by Gasteiger charge is -2.44. The first-order valence-electron chi connectivity index (χ1n) is 11.9. The van der Waals surface area contributed by atoms with E-state index in [4.69, 9.17) is 9.72 Å². The molecular weight excluding hydrogens is 450 g/mol. The van der Waals surface area contributed by atoms with Crippen molar-refractivity contribution in [3.05, 3.63) is 65.0 Å². The quantitative estimate of drug-likeness (QED) is 0.417. The molecule has 3 heterocycles. The third-order valence-electron chi connectivity index (χ3n) is 7.34. The Morgan fingerprint density at radius 2 is 1.86 bits per heavy atom. The molecule has 0 bridgehead atoms. The van der Waals surface area contributed by atoms with Crippen molar-refractivity contribution < 1.29 is 13.5 Å². The van der Waals surface area contributed by atoms with Crippen LogP contribution in [0.1, 0.15) is 42.8 Å². The van der Waals surface area contributed by atoms with Crippen LogP contribution in [0.15, 0.2) is 36.4 Å². The predicted molar refractivity (Wildman–Crippen MR) is 129 cm³/mol. The standard InChI is InChI=1S/C26H28F2N6O/c1-14(15-6-16(27)8-17(28)7-15)35-20-4-5-22-21(11-20)25(32-31-22)26-29-23-12-34(13-24(23)30-26)19-9-18(10-19)33(2)3/h4-8,11,14,18-19H,9-10,12-13H2,1-3H3,(H,29,30)(H,31,32). The Bertz CT molecular complexity index is 1350. The van der Waals surface area contributed by atoms with Crippen molar-refractivity contribution in [2.45, 2.75) is 51.0 Å². The molecule has 2 aromatic heterocycles. The summed E-state index contributed by atoms with van der Waals surface area (Å²) in [6.45, 7) is 3.50. The summed E-state index contributed by atoms with van der Waals surface area (Å²) in [5.74, 6) is 0.0747. The lowest BCUT2D eigenvalue weighted by molar-refractivity contribution is 0.0497. The van der Waals surface area contributed by atoms with Gasteiger partial charge in [-0.25, -0.2) is 13.8 Å². The molecule has 0 spiro atoms. The molecule has 2 aromatic carbocycles. The zero-order chi connectivity index (χ0) is 24.3. The van der Waals surface area contributed by atoms with Crippen LogP contribution in [0.25, 0.3) is 22.4 Å². The molecule has 0 radical (unpaired) electrons. The Labute approximate surface area is 202 Å². The molecule has 0 saturated heterocycles. The van der Waals surface area contributed by atoms with Crippen molar-refractivity contribution >= 4 is 10.9 Å². The molecule has 6 rings (SSSR count). The molecule has 7 nitrogen and oxygen atoms in total. The summed E-state index contributed by atoms with van der Waals surface area (Å²) >= 11 is 0. The molecule has 35 heavy (non-hydrogen) atoms. The number of imidazole rings is 1. The van der Waals surface area contributed by atoms with Gasteiger partial charge in [0.15, 0.2) is 5.82 Å². The van der Waals surface area contributed by atoms with Gasteiger partial charge in [0, 0.05) is 36.6 Å². The molecule has 1 unspecified atom stereocenters. The van der Waals surface area contributed by atoms with Gasteiger partial charge < -0.3 is 14.6 Å². The van der Waals surface area contributed by atoms with E-state index in [1.165, 1.54) is 25.0 Å². The van der Waals surface area contributed by atoms with E-state index in [9.17, 15) is 8.78 Å². The number of ether oxygens (including phenoxy) is 1. The monoisotopic (exact) mass is 478 g/mol. The van der Waals surface area contributed by atoms with Gasteiger partial charge in [0.05, 0.1) is 16.9 Å². The molecule has 1 fully saturated rings. The van der Waals surface area contributed by atoms with Crippen molar-refractivity contribution in [1.82, 2.24) is 30.0 Å². The van der Waals surface area contributed by atoms with Crippen LogP contribution in [0.5, 0.6) is 5.75 Å². The Hall–Kier alpha value is -3.30. The minimum absolute atomic E-state index is 0.436. The van der Waals surface area contributed by atoms with Gasteiger partial charge in [-0.2, -0.15) is 5.10 Å². The third-order valence-corrected chi connectivity index (χ3v) is 7.34. The lowest BCUT2D eigenvalue weighted by atomic mass is 9.85. The first kappa shape index (κ1) is 22.2. The second-order valence-corrected chi connectivity index (χ2v) is 9.90. The van der Waals surface area contributed by atoms with E-state index in [1.54, 1.807) is 6.92 Å². The molecule has 1 aliphatic carbocycles. The fraction of sp³-hybridized carbons (Fsp3) is 0.385. The first-order valence-corrected chi connectivity index (χ1v) is 11.9. The number of rotatable bonds is 6. The molecule has 1 atom stereocenters. The molecule has 9 heteroatoms. The number of aromatic nitrogens is 4.